The van der Waals surface area contributed by atoms with Crippen molar-refractivity contribution in [3.63, 3.8) is 0 Å². The molecular weight excluding hydrogens is 297 g/mol. The van der Waals surface area contributed by atoms with E-state index in [1.54, 1.807) is 18.2 Å². The fraction of sp³-hybridized carbons (Fsp3) is 0.412. The number of carbonyl (C=O) groups excluding carboxylic acids is 1. The summed E-state index contributed by atoms with van der Waals surface area (Å²) in [6.45, 7) is 3.80. The van der Waals surface area contributed by atoms with E-state index in [0.29, 0.717) is 19.6 Å². The highest BCUT2D eigenvalue weighted by Crippen LogP contribution is 2.12. The molecule has 0 saturated heterocycles. The highest BCUT2D eigenvalue weighted by molar-refractivity contribution is 5.97. The molecule has 23 heavy (non-hydrogen) atoms. The van der Waals surface area contributed by atoms with Gasteiger partial charge in [-0.15, -0.1) is 0 Å². The molecule has 1 aromatic rings. The molecule has 0 spiro atoms. The Labute approximate surface area is 136 Å². The molecule has 0 aliphatic carbocycles. The Morgan fingerprint density at radius 3 is 2.78 bits per heavy atom. The minimum atomic E-state index is -0.495. The summed E-state index contributed by atoms with van der Waals surface area (Å²) >= 11 is 0. The quantitative estimate of drug-likeness (QED) is 0.395. The lowest BCUT2D eigenvalue weighted by atomic mass is 10.2. The Hall–Kier alpha value is -2.39. The molecule has 0 aromatic heterocycles. The third-order valence-electron chi connectivity index (χ3n) is 3.00. The van der Waals surface area contributed by atoms with Crippen molar-refractivity contribution in [2.45, 2.75) is 26.2 Å². The fourth-order valence-electron chi connectivity index (χ4n) is 1.70. The smallest absolute Gasteiger partial charge is 0.263 e. The lowest BCUT2D eigenvalue weighted by molar-refractivity contribution is -0.117. The van der Waals surface area contributed by atoms with Crippen LogP contribution in [0.2, 0.25) is 0 Å². The number of benzene rings is 1. The van der Waals surface area contributed by atoms with Gasteiger partial charge in [-0.05, 0) is 25.0 Å². The topological polar surface area (TPSA) is 74.1 Å². The second-order valence-electron chi connectivity index (χ2n) is 4.87. The first-order valence-corrected chi connectivity index (χ1v) is 7.66. The monoisotopic (exact) mass is 319 g/mol. The predicted octanol–water partition coefficient (Wildman–Crippen LogP) is 2.97. The zero-order chi connectivity index (χ0) is 16.9. The zero-order valence-electron chi connectivity index (χ0n) is 13.3. The predicted molar refractivity (Wildman–Crippen MR) is 87.1 cm³/mol. The Balaban J connectivity index is 2.36. The number of nitrogens with one attached hydrogen (secondary N) is 2. The van der Waals surface area contributed by atoms with Crippen LogP contribution < -0.4 is 10.6 Å². The van der Waals surface area contributed by atoms with Gasteiger partial charge in [0, 0.05) is 26.0 Å². The number of rotatable bonds is 10. The summed E-state index contributed by atoms with van der Waals surface area (Å²) < 4.78 is 18.8. The maximum Gasteiger partial charge on any atom is 0.263 e. The normalized spacial score (nSPS) is 10.9. The van der Waals surface area contributed by atoms with E-state index >= 15 is 0 Å². The second-order valence-corrected chi connectivity index (χ2v) is 4.87. The highest BCUT2D eigenvalue weighted by Gasteiger charge is 2.08. The van der Waals surface area contributed by atoms with Crippen LogP contribution >= 0.6 is 0 Å². The number of carbonyl (C=O) groups is 1. The number of nitrogens with zero attached hydrogens (tertiary/aromatic N) is 1. The Bertz CT molecular complexity index is 567. The molecule has 0 atom stereocenters. The van der Waals surface area contributed by atoms with Gasteiger partial charge in [0.15, 0.2) is 0 Å². The third-order valence-corrected chi connectivity index (χ3v) is 3.00. The van der Waals surface area contributed by atoms with E-state index in [1.165, 1.54) is 18.3 Å². The number of halogens is 1. The van der Waals surface area contributed by atoms with Gasteiger partial charge in [0.05, 0.1) is 5.69 Å². The Morgan fingerprint density at radius 1 is 1.35 bits per heavy atom. The molecule has 1 aromatic carbocycles. The lowest BCUT2D eigenvalue weighted by Crippen LogP contribution is -2.26. The minimum absolute atomic E-state index is 0.111. The second kappa shape index (κ2) is 11.2. The maximum absolute atomic E-state index is 13.4. The van der Waals surface area contributed by atoms with Crippen LogP contribution in [0.5, 0.6) is 0 Å². The van der Waals surface area contributed by atoms with Gasteiger partial charge >= 0.3 is 0 Å². The van der Waals surface area contributed by atoms with Gasteiger partial charge in [0.25, 0.3) is 5.91 Å². The number of hydrogen-bond donors (Lipinski definition) is 2. The maximum atomic E-state index is 13.4. The first-order chi connectivity index (χ1) is 11.2. The molecule has 0 aliphatic rings. The summed E-state index contributed by atoms with van der Waals surface area (Å²) in [6, 6.07) is 7.82. The van der Waals surface area contributed by atoms with Crippen LogP contribution in [0.3, 0.4) is 0 Å². The van der Waals surface area contributed by atoms with Crippen LogP contribution in [-0.4, -0.2) is 25.7 Å². The molecule has 5 nitrogen and oxygen atoms in total. The van der Waals surface area contributed by atoms with Crippen molar-refractivity contribution in [1.82, 2.24) is 5.32 Å². The number of unbranched alkanes of at least 4 members (excludes halogenated alkanes) is 1. The SMILES string of the molecule is CCCCOCCCNC(=O)/C(C#N)=C\Nc1ccccc1F. The molecule has 1 amide bonds. The molecule has 0 aliphatic heterocycles. The van der Waals surface area contributed by atoms with Gasteiger partial charge in [-0.3, -0.25) is 4.79 Å². The van der Waals surface area contributed by atoms with E-state index < -0.39 is 11.7 Å². The molecule has 0 saturated carbocycles. The van der Waals surface area contributed by atoms with Gasteiger partial charge in [0.2, 0.25) is 0 Å². The Morgan fingerprint density at radius 2 is 2.09 bits per heavy atom. The van der Waals surface area contributed by atoms with Crippen molar-refractivity contribution in [3.8, 4) is 6.07 Å². The first kappa shape index (κ1) is 18.7. The average molecular weight is 319 g/mol. The number of nitriles is 1. The molecule has 1 rings (SSSR count). The third kappa shape index (κ3) is 7.43. The van der Waals surface area contributed by atoms with Gasteiger partial charge in [-0.2, -0.15) is 5.26 Å². The van der Waals surface area contributed by atoms with Crippen molar-refractivity contribution in [1.29, 1.82) is 5.26 Å². The minimum Gasteiger partial charge on any atom is -0.381 e. The number of para-hydroxylation sites is 1. The van der Waals surface area contributed by atoms with E-state index in [9.17, 15) is 9.18 Å². The molecule has 0 radical (unpaired) electrons. The summed E-state index contributed by atoms with van der Waals surface area (Å²) in [4.78, 5) is 11.8. The van der Waals surface area contributed by atoms with Crippen LogP contribution in [0.15, 0.2) is 36.0 Å². The largest absolute Gasteiger partial charge is 0.381 e. The standard InChI is InChI=1S/C17H22FN3O2/c1-2-3-10-23-11-6-9-20-17(22)14(12-19)13-21-16-8-5-4-7-15(16)18/h4-5,7-8,13,21H,2-3,6,9-11H2,1H3,(H,20,22)/b14-13-. The van der Waals surface area contributed by atoms with E-state index in [2.05, 4.69) is 17.6 Å². The van der Waals surface area contributed by atoms with Crippen molar-refractivity contribution in [3.05, 3.63) is 41.9 Å². The molecule has 0 bridgehead atoms. The summed E-state index contributed by atoms with van der Waals surface area (Å²) in [5, 5.41) is 14.3. The molecule has 0 fully saturated rings. The molecular formula is C17H22FN3O2. The van der Waals surface area contributed by atoms with Crippen molar-refractivity contribution < 1.29 is 13.9 Å². The lowest BCUT2D eigenvalue weighted by Gasteiger charge is -2.06. The van der Waals surface area contributed by atoms with Crippen LogP contribution in [0.25, 0.3) is 0 Å². The molecule has 124 valence electrons. The van der Waals surface area contributed by atoms with Crippen molar-refractivity contribution >= 4 is 11.6 Å². The van der Waals surface area contributed by atoms with Gasteiger partial charge in [-0.25, -0.2) is 4.39 Å². The number of amides is 1. The van der Waals surface area contributed by atoms with E-state index in [-0.39, 0.29) is 11.3 Å². The van der Waals surface area contributed by atoms with E-state index in [0.717, 1.165) is 19.4 Å². The van der Waals surface area contributed by atoms with Gasteiger partial charge < -0.3 is 15.4 Å². The van der Waals surface area contributed by atoms with Gasteiger partial charge in [0.1, 0.15) is 17.5 Å². The molecule has 0 unspecified atom stereocenters. The van der Waals surface area contributed by atoms with Crippen LogP contribution in [0.1, 0.15) is 26.2 Å². The first-order valence-electron chi connectivity index (χ1n) is 7.66. The molecule has 6 heteroatoms. The van der Waals surface area contributed by atoms with Crippen LogP contribution in [0, 0.1) is 17.1 Å². The van der Waals surface area contributed by atoms with Crippen LogP contribution in [-0.2, 0) is 9.53 Å². The summed E-state index contributed by atoms with van der Waals surface area (Å²) in [6.07, 6.45) is 3.98. The van der Waals surface area contributed by atoms with Gasteiger partial charge in [-0.1, -0.05) is 25.5 Å². The molecule has 2 N–H and O–H groups in total. The number of hydrogen-bond acceptors (Lipinski definition) is 4. The van der Waals surface area contributed by atoms with Crippen molar-refractivity contribution in [2.24, 2.45) is 0 Å². The summed E-state index contributed by atoms with van der Waals surface area (Å²) in [5.41, 5.74) is 0.0949. The summed E-state index contributed by atoms with van der Waals surface area (Å²) in [5.74, 6) is -0.949. The highest BCUT2D eigenvalue weighted by atomic mass is 19.1. The summed E-state index contributed by atoms with van der Waals surface area (Å²) in [7, 11) is 0. The average Bonchev–Trinajstić information content (AvgIpc) is 2.56. The Kier molecular flexibility index (Phi) is 9.10. The number of ether oxygens (including phenoxy) is 1. The van der Waals surface area contributed by atoms with Crippen LogP contribution in [0.4, 0.5) is 10.1 Å². The van der Waals surface area contributed by atoms with Crippen molar-refractivity contribution in [2.75, 3.05) is 25.1 Å². The molecule has 0 heterocycles. The zero-order valence-corrected chi connectivity index (χ0v) is 13.3. The van der Waals surface area contributed by atoms with E-state index in [1.807, 2.05) is 0 Å². The fourth-order valence-corrected chi connectivity index (χ4v) is 1.70. The van der Waals surface area contributed by atoms with E-state index in [4.69, 9.17) is 10.00 Å². The number of anilines is 1.